The van der Waals surface area contributed by atoms with Crippen LogP contribution in [-0.2, 0) is 0 Å². The summed E-state index contributed by atoms with van der Waals surface area (Å²) in [5.74, 6) is 0. The van der Waals surface area contributed by atoms with Crippen LogP contribution in [0.1, 0.15) is 5.69 Å². The monoisotopic (exact) mass is 395 g/mol. The molecule has 0 atom stereocenters. The molecule has 0 aliphatic carbocycles. The van der Waals surface area contributed by atoms with Crippen molar-refractivity contribution in [2.24, 2.45) is 0 Å². The highest BCUT2D eigenvalue weighted by Crippen LogP contribution is 2.24. The van der Waals surface area contributed by atoms with Gasteiger partial charge in [-0.15, -0.1) is 4.85 Å². The van der Waals surface area contributed by atoms with E-state index in [1.54, 1.807) is 25.1 Å². The van der Waals surface area contributed by atoms with Gasteiger partial charge in [0.05, 0.1) is 10.7 Å². The summed E-state index contributed by atoms with van der Waals surface area (Å²) >= 11 is 0. The lowest BCUT2D eigenvalue weighted by Crippen LogP contribution is -2.39. The second-order valence-corrected chi connectivity index (χ2v) is 7.00. The summed E-state index contributed by atoms with van der Waals surface area (Å²) < 4.78 is 5.56. The Kier molecular flexibility index (Phi) is 4.17. The van der Waals surface area contributed by atoms with E-state index in [0.717, 1.165) is 21.4 Å². The molecule has 6 heteroatoms. The number of benzene rings is 3. The molecule has 5 rings (SSSR count). The molecule has 0 unspecified atom stereocenters. The normalized spacial score (nSPS) is 11.1. The van der Waals surface area contributed by atoms with E-state index >= 15 is 0 Å². The van der Waals surface area contributed by atoms with Crippen LogP contribution < -0.4 is 10.5 Å². The Morgan fingerprint density at radius 3 is 2.27 bits per heavy atom. The first-order valence-electron chi connectivity index (χ1n) is 9.50. The minimum Gasteiger partial charge on any atom is -0.692 e. The molecule has 0 aliphatic heterocycles. The van der Waals surface area contributed by atoms with Crippen molar-refractivity contribution < 1.29 is 9.26 Å². The van der Waals surface area contributed by atoms with Gasteiger partial charge in [-0.1, -0.05) is 60.7 Å². The third-order valence-corrected chi connectivity index (χ3v) is 5.08. The fourth-order valence-corrected chi connectivity index (χ4v) is 3.51. The Labute approximate surface area is 171 Å². The van der Waals surface area contributed by atoms with E-state index in [-0.39, 0.29) is 0 Å². The molecule has 0 saturated heterocycles. The molecule has 0 amide bonds. The molecule has 0 fully saturated rings. The highest BCUT2D eigenvalue weighted by atomic mass is 16.5. The third kappa shape index (κ3) is 2.95. The van der Waals surface area contributed by atoms with Crippen molar-refractivity contribution in [3.63, 3.8) is 0 Å². The molecule has 5 aromatic rings. The number of hydrogen-bond acceptors (Lipinski definition) is 4. The molecule has 0 radical (unpaired) electrons. The molecule has 0 bridgehead atoms. The van der Waals surface area contributed by atoms with E-state index in [1.165, 1.54) is 4.80 Å². The van der Waals surface area contributed by atoms with Gasteiger partial charge in [-0.05, 0) is 28.6 Å². The highest BCUT2D eigenvalue weighted by Gasteiger charge is 2.22. The Morgan fingerprint density at radius 1 is 0.900 bits per heavy atom. The summed E-state index contributed by atoms with van der Waals surface area (Å²) in [7, 11) is 0. The second-order valence-electron chi connectivity index (χ2n) is 7.00. The van der Waals surface area contributed by atoms with Crippen molar-refractivity contribution in [3.05, 3.63) is 106 Å². The van der Waals surface area contributed by atoms with Gasteiger partial charge < -0.3 is 9.62 Å². The molecule has 6 nitrogen and oxygen atoms in total. The Hall–Kier alpha value is -4.19. The minimum atomic E-state index is -0.428. The number of hydrogen-bond donors (Lipinski definition) is 0. The number of rotatable bonds is 3. The Bertz CT molecular complexity index is 1420. The zero-order chi connectivity index (χ0) is 20.7. The largest absolute Gasteiger partial charge is 0.692 e. The van der Waals surface area contributed by atoms with Gasteiger partial charge in [0, 0.05) is 23.9 Å². The molecule has 30 heavy (non-hydrogen) atoms. The van der Waals surface area contributed by atoms with Gasteiger partial charge in [0.25, 0.3) is 5.69 Å². The molecule has 2 heterocycles. The predicted molar refractivity (Wildman–Crippen MR) is 114 cm³/mol. The van der Waals surface area contributed by atoms with E-state index in [9.17, 15) is 10.0 Å². The van der Waals surface area contributed by atoms with Crippen LogP contribution in [0.15, 0.2) is 94.1 Å². The first kappa shape index (κ1) is 17.9. The lowest BCUT2D eigenvalue weighted by molar-refractivity contribution is -0.694. The van der Waals surface area contributed by atoms with Crippen molar-refractivity contribution in [2.45, 2.75) is 6.92 Å². The summed E-state index contributed by atoms with van der Waals surface area (Å²) in [6.45, 7) is 1.73. The second kappa shape index (κ2) is 7.00. The molecular weight excluding hydrogens is 378 g/mol. The lowest BCUT2D eigenvalue weighted by atomic mass is 10.1. The van der Waals surface area contributed by atoms with Crippen molar-refractivity contribution in [2.75, 3.05) is 0 Å². The van der Waals surface area contributed by atoms with Crippen LogP contribution >= 0.6 is 0 Å². The number of fused-ring (bicyclic) bond motifs is 1. The van der Waals surface area contributed by atoms with Gasteiger partial charge in [0.2, 0.25) is 0 Å². The van der Waals surface area contributed by atoms with Gasteiger partial charge in [-0.2, -0.15) is 0 Å². The van der Waals surface area contributed by atoms with Crippen LogP contribution in [0.5, 0.6) is 0 Å². The fourth-order valence-electron chi connectivity index (χ4n) is 3.51. The first-order chi connectivity index (χ1) is 14.6. The molecule has 0 saturated carbocycles. The fraction of sp³-hybridized carbons (Fsp3) is 0.0417. The maximum Gasteiger partial charge on any atom is 0.344 e. The molecular formula is C24H17N3O3. The van der Waals surface area contributed by atoms with Gasteiger partial charge >= 0.3 is 5.63 Å². The molecule has 0 spiro atoms. The maximum atomic E-state index is 12.7. The maximum absolute atomic E-state index is 12.7. The van der Waals surface area contributed by atoms with Crippen molar-refractivity contribution in [3.8, 4) is 28.1 Å². The third-order valence-electron chi connectivity index (χ3n) is 5.08. The summed E-state index contributed by atoms with van der Waals surface area (Å²) in [5, 5.41) is 18.0. The number of aromatic nitrogens is 3. The Morgan fingerprint density at radius 2 is 1.57 bits per heavy atom. The molecule has 3 aromatic carbocycles. The van der Waals surface area contributed by atoms with Crippen molar-refractivity contribution in [1.29, 1.82) is 0 Å². The first-order valence-corrected chi connectivity index (χ1v) is 9.50. The van der Waals surface area contributed by atoms with E-state index < -0.39 is 5.63 Å². The van der Waals surface area contributed by atoms with Gasteiger partial charge in [0.15, 0.2) is 5.69 Å². The van der Waals surface area contributed by atoms with Crippen LogP contribution in [0.25, 0.3) is 39.0 Å². The van der Waals surface area contributed by atoms with E-state index in [4.69, 9.17) is 4.42 Å². The van der Waals surface area contributed by atoms with Crippen LogP contribution in [0.4, 0.5) is 0 Å². The quantitative estimate of drug-likeness (QED) is 0.260. The Balaban J connectivity index is 1.62. The van der Waals surface area contributed by atoms with Crippen molar-refractivity contribution in [1.82, 2.24) is 9.90 Å². The SMILES string of the molecule is Cc1c(-c2ccccc2)nn(-c2ccc3cc(-c4ccccc4)c(=O)oc3c2)[n+]1[O-]. The average molecular weight is 395 g/mol. The summed E-state index contributed by atoms with van der Waals surface area (Å²) in [6, 6.07) is 26.0. The van der Waals surface area contributed by atoms with Crippen molar-refractivity contribution >= 4 is 11.0 Å². The zero-order valence-electron chi connectivity index (χ0n) is 16.1. The van der Waals surface area contributed by atoms with Crippen LogP contribution in [0.2, 0.25) is 0 Å². The molecule has 0 N–H and O–H groups in total. The van der Waals surface area contributed by atoms with Crippen LogP contribution in [0, 0.1) is 12.1 Å². The zero-order valence-corrected chi connectivity index (χ0v) is 16.1. The summed E-state index contributed by atoms with van der Waals surface area (Å²) in [6.07, 6.45) is 0. The smallest absolute Gasteiger partial charge is 0.344 e. The van der Waals surface area contributed by atoms with E-state index in [2.05, 4.69) is 5.10 Å². The molecule has 146 valence electrons. The van der Waals surface area contributed by atoms with Gasteiger partial charge in [-0.3, -0.25) is 0 Å². The summed E-state index contributed by atoms with van der Waals surface area (Å²) in [5.41, 5.74) is 3.72. The average Bonchev–Trinajstić information content (AvgIpc) is 3.08. The van der Waals surface area contributed by atoms with Crippen LogP contribution in [0.3, 0.4) is 0 Å². The highest BCUT2D eigenvalue weighted by molar-refractivity contribution is 5.83. The van der Waals surface area contributed by atoms with E-state index in [0.29, 0.717) is 28.2 Å². The van der Waals surface area contributed by atoms with Crippen LogP contribution in [-0.4, -0.2) is 9.90 Å². The van der Waals surface area contributed by atoms with E-state index in [1.807, 2.05) is 66.7 Å². The minimum absolute atomic E-state index is 0.395. The standard InChI is InChI=1S/C24H17N3O3/c1-16-23(18-10-6-3-7-11-18)25-26(27(16)29)20-13-12-19-14-21(17-8-4-2-5-9-17)24(28)30-22(19)15-20/h2-15H,1H3. The number of nitrogens with zero attached hydrogens (tertiary/aromatic N) is 3. The molecule has 0 aliphatic rings. The lowest BCUT2D eigenvalue weighted by Gasteiger charge is -2.06. The topological polar surface area (TPSA) is 75.0 Å². The van der Waals surface area contributed by atoms with Gasteiger partial charge in [0.1, 0.15) is 11.3 Å². The molecule has 2 aromatic heterocycles. The predicted octanol–water partition coefficient (Wildman–Crippen LogP) is 4.25. The van der Waals surface area contributed by atoms with Gasteiger partial charge in [-0.25, -0.2) is 4.79 Å². The summed E-state index contributed by atoms with van der Waals surface area (Å²) in [4.78, 5) is 14.5.